The van der Waals surface area contributed by atoms with Crippen LogP contribution in [-0.2, 0) is 19.0 Å². The van der Waals surface area contributed by atoms with Gasteiger partial charge in [0.25, 0.3) is 0 Å². The van der Waals surface area contributed by atoms with E-state index in [1.165, 1.54) is 13.0 Å². The number of aliphatic imine (C=N–C) groups is 1. The maximum absolute atomic E-state index is 13.2. The van der Waals surface area contributed by atoms with Crippen LogP contribution in [0.3, 0.4) is 0 Å². The number of rotatable bonds is 5. The highest BCUT2D eigenvalue weighted by Crippen LogP contribution is 2.37. The Balaban J connectivity index is 2.44. The first-order valence-corrected chi connectivity index (χ1v) is 9.49. The van der Waals surface area contributed by atoms with Gasteiger partial charge in [0.1, 0.15) is 0 Å². The van der Waals surface area contributed by atoms with Gasteiger partial charge in [0.15, 0.2) is 0 Å². The van der Waals surface area contributed by atoms with Crippen molar-refractivity contribution in [3.8, 4) is 0 Å². The zero-order valence-corrected chi connectivity index (χ0v) is 17.3. The average molecular weight is 416 g/mol. The summed E-state index contributed by atoms with van der Waals surface area (Å²) in [6.07, 6.45) is -2.23. The minimum absolute atomic E-state index is 0.124. The molecule has 0 amide bonds. The molecule has 0 aliphatic carbocycles. The van der Waals surface area contributed by atoms with Crippen molar-refractivity contribution in [3.05, 3.63) is 62.1 Å². The monoisotopic (exact) mass is 415 g/mol. The highest BCUT2D eigenvalue weighted by molar-refractivity contribution is 6.36. The van der Waals surface area contributed by atoms with Crippen molar-refractivity contribution in [2.24, 2.45) is 4.99 Å². The Morgan fingerprint density at radius 3 is 2.33 bits per heavy atom. The smallest absolute Gasteiger partial charge is 0.257 e. The third-order valence-electron chi connectivity index (χ3n) is 4.46. The molecule has 2 aromatic rings. The van der Waals surface area contributed by atoms with E-state index in [2.05, 4.69) is 11.9 Å². The molecule has 0 N–H and O–H groups in total. The third-order valence-corrected chi connectivity index (χ3v) is 5.28. The van der Waals surface area contributed by atoms with Gasteiger partial charge in [-0.2, -0.15) is 13.2 Å². The Morgan fingerprint density at radius 1 is 1.07 bits per heavy atom. The molecule has 27 heavy (non-hydrogen) atoms. The van der Waals surface area contributed by atoms with E-state index in [0.29, 0.717) is 33.4 Å². The Kier molecular flexibility index (Phi) is 6.98. The summed E-state index contributed by atoms with van der Waals surface area (Å²) < 4.78 is 39.6. The summed E-state index contributed by atoms with van der Waals surface area (Å²) in [6, 6.07) is 6.26. The Labute approximate surface area is 168 Å². The fraction of sp³-hybridized carbons (Fsp3) is 0.381. The fourth-order valence-electron chi connectivity index (χ4n) is 3.07. The molecule has 0 atom stereocenters. The van der Waals surface area contributed by atoms with Crippen LogP contribution in [-0.4, -0.2) is 5.71 Å². The molecule has 0 radical (unpaired) electrons. The number of hydrogen-bond acceptors (Lipinski definition) is 1. The van der Waals surface area contributed by atoms with Crippen LogP contribution in [0.2, 0.25) is 10.0 Å². The molecule has 0 saturated heterocycles. The van der Waals surface area contributed by atoms with E-state index in [4.69, 9.17) is 23.2 Å². The van der Waals surface area contributed by atoms with Gasteiger partial charge in [-0.05, 0) is 61.6 Å². The van der Waals surface area contributed by atoms with Crippen LogP contribution in [0, 0.1) is 13.8 Å². The van der Waals surface area contributed by atoms with Crippen LogP contribution in [0.4, 0.5) is 18.9 Å². The van der Waals surface area contributed by atoms with Gasteiger partial charge < -0.3 is 0 Å². The van der Waals surface area contributed by atoms with Gasteiger partial charge >= 0.3 is 6.18 Å². The van der Waals surface area contributed by atoms with Crippen LogP contribution in [0.25, 0.3) is 0 Å². The van der Waals surface area contributed by atoms with E-state index < -0.39 is 11.7 Å². The highest BCUT2D eigenvalue weighted by atomic mass is 35.5. The van der Waals surface area contributed by atoms with Crippen LogP contribution in [0.1, 0.15) is 48.1 Å². The highest BCUT2D eigenvalue weighted by Gasteiger charge is 2.33. The van der Waals surface area contributed by atoms with Crippen molar-refractivity contribution < 1.29 is 13.2 Å². The molecule has 1 nitrogen and oxygen atoms in total. The summed E-state index contributed by atoms with van der Waals surface area (Å²) in [6.45, 7) is 7.04. The van der Waals surface area contributed by atoms with E-state index in [-0.39, 0.29) is 5.56 Å². The standard InChI is InChI=1S/C21H22Cl2F3N/c1-5-6-15-8-10-18(22)16(19(15)23)11-13(3)27-20-12(2)7-9-17(14(20)4)21(24,25)26/h7-10H,5-6,11H2,1-4H3. The topological polar surface area (TPSA) is 12.4 Å². The first kappa shape index (κ1) is 21.8. The fourth-order valence-corrected chi connectivity index (χ4v) is 3.67. The molecular formula is C21H22Cl2F3N. The predicted molar refractivity (Wildman–Crippen MR) is 108 cm³/mol. The quantitative estimate of drug-likeness (QED) is 0.439. The second kappa shape index (κ2) is 8.66. The minimum atomic E-state index is -4.41. The van der Waals surface area contributed by atoms with Crippen molar-refractivity contribution >= 4 is 34.6 Å². The molecule has 0 heterocycles. The summed E-state index contributed by atoms with van der Waals surface area (Å²) >= 11 is 12.8. The number of halogens is 5. The molecule has 146 valence electrons. The molecule has 0 aliphatic rings. The molecule has 0 aliphatic heterocycles. The van der Waals surface area contributed by atoms with Gasteiger partial charge in [0.05, 0.1) is 11.3 Å². The summed E-state index contributed by atoms with van der Waals surface area (Å²) in [5, 5.41) is 1.14. The Bertz CT molecular complexity index is 871. The summed E-state index contributed by atoms with van der Waals surface area (Å²) in [7, 11) is 0. The zero-order valence-electron chi connectivity index (χ0n) is 15.8. The van der Waals surface area contributed by atoms with Gasteiger partial charge in [-0.1, -0.05) is 48.7 Å². The lowest BCUT2D eigenvalue weighted by molar-refractivity contribution is -0.138. The maximum atomic E-state index is 13.2. The van der Waals surface area contributed by atoms with Crippen LogP contribution in [0.15, 0.2) is 29.3 Å². The summed E-state index contributed by atoms with van der Waals surface area (Å²) in [4.78, 5) is 4.48. The number of aryl methyl sites for hydroxylation is 2. The Hall–Kier alpha value is -1.52. The molecule has 6 heteroatoms. The summed E-state index contributed by atoms with van der Waals surface area (Å²) in [5.74, 6) is 0. The molecule has 0 aromatic heterocycles. The molecule has 0 saturated carbocycles. The lowest BCUT2D eigenvalue weighted by Crippen LogP contribution is -2.08. The molecule has 0 spiro atoms. The number of alkyl halides is 3. The number of hydrogen-bond donors (Lipinski definition) is 0. The zero-order chi connectivity index (χ0) is 20.4. The molecule has 2 aromatic carbocycles. The van der Waals surface area contributed by atoms with Crippen molar-refractivity contribution in [2.75, 3.05) is 0 Å². The molecular weight excluding hydrogens is 394 g/mol. The van der Waals surface area contributed by atoms with Gasteiger partial charge in [0, 0.05) is 22.2 Å². The van der Waals surface area contributed by atoms with E-state index in [0.717, 1.165) is 30.0 Å². The van der Waals surface area contributed by atoms with E-state index in [1.807, 2.05) is 12.1 Å². The largest absolute Gasteiger partial charge is 0.416 e. The lowest BCUT2D eigenvalue weighted by atomic mass is 10.0. The SMILES string of the molecule is CCCc1ccc(Cl)c(CC(C)=Nc2c(C)ccc(C(F)(F)F)c2C)c1Cl. The first-order chi connectivity index (χ1) is 12.6. The minimum Gasteiger partial charge on any atom is -0.257 e. The lowest BCUT2D eigenvalue weighted by Gasteiger charge is -2.15. The number of nitrogens with zero attached hydrogens (tertiary/aromatic N) is 1. The van der Waals surface area contributed by atoms with Crippen LogP contribution >= 0.6 is 23.2 Å². The number of benzene rings is 2. The molecule has 0 unspecified atom stereocenters. The third kappa shape index (κ3) is 5.05. The Morgan fingerprint density at radius 2 is 1.74 bits per heavy atom. The van der Waals surface area contributed by atoms with Gasteiger partial charge in [-0.3, -0.25) is 4.99 Å². The van der Waals surface area contributed by atoms with Crippen LogP contribution < -0.4 is 0 Å². The van der Waals surface area contributed by atoms with E-state index in [9.17, 15) is 13.2 Å². The normalized spacial score (nSPS) is 12.6. The van der Waals surface area contributed by atoms with Crippen molar-refractivity contribution in [1.29, 1.82) is 0 Å². The van der Waals surface area contributed by atoms with Gasteiger partial charge in [0.2, 0.25) is 0 Å². The van der Waals surface area contributed by atoms with E-state index >= 15 is 0 Å². The van der Waals surface area contributed by atoms with Gasteiger partial charge in [-0.15, -0.1) is 0 Å². The first-order valence-electron chi connectivity index (χ1n) is 8.73. The van der Waals surface area contributed by atoms with Crippen molar-refractivity contribution in [3.63, 3.8) is 0 Å². The summed E-state index contributed by atoms with van der Waals surface area (Å²) in [5.41, 5.74) is 2.92. The second-order valence-electron chi connectivity index (χ2n) is 6.67. The molecule has 2 rings (SSSR count). The van der Waals surface area contributed by atoms with Crippen molar-refractivity contribution in [2.45, 2.75) is 53.1 Å². The molecule has 0 bridgehead atoms. The van der Waals surface area contributed by atoms with Gasteiger partial charge in [-0.25, -0.2) is 0 Å². The maximum Gasteiger partial charge on any atom is 0.416 e. The predicted octanol–water partition coefficient (Wildman–Crippen LogP) is 7.92. The van der Waals surface area contributed by atoms with Crippen molar-refractivity contribution in [1.82, 2.24) is 0 Å². The second-order valence-corrected chi connectivity index (χ2v) is 7.46. The van der Waals surface area contributed by atoms with E-state index in [1.54, 1.807) is 13.8 Å². The molecule has 0 fully saturated rings. The average Bonchev–Trinajstić information content (AvgIpc) is 2.57. The van der Waals surface area contributed by atoms with Crippen LogP contribution in [0.5, 0.6) is 0 Å².